The van der Waals surface area contributed by atoms with Crippen LogP contribution in [0.4, 0.5) is 5.82 Å². The van der Waals surface area contributed by atoms with E-state index in [1.807, 2.05) is 16.9 Å². The van der Waals surface area contributed by atoms with Gasteiger partial charge in [0.15, 0.2) is 0 Å². The number of anilines is 1. The van der Waals surface area contributed by atoms with E-state index >= 15 is 0 Å². The molecule has 0 aromatic carbocycles. The number of hydrogen-bond donors (Lipinski definition) is 2. The molecule has 2 aromatic rings. The third-order valence-corrected chi connectivity index (χ3v) is 6.58. The van der Waals surface area contributed by atoms with Crippen LogP contribution in [-0.4, -0.2) is 33.6 Å². The van der Waals surface area contributed by atoms with E-state index in [9.17, 15) is 9.59 Å². The number of nitrogens with zero attached hydrogens (tertiary/aromatic N) is 3. The molecule has 2 aliphatic rings. The normalized spacial score (nSPS) is 22.0. The summed E-state index contributed by atoms with van der Waals surface area (Å²) in [7, 11) is 1.64. The first-order valence-electron chi connectivity index (χ1n) is 10.5. The Hall–Kier alpha value is -2.41. The van der Waals surface area contributed by atoms with E-state index in [2.05, 4.69) is 34.6 Å². The van der Waals surface area contributed by atoms with Crippen molar-refractivity contribution < 1.29 is 9.59 Å². The molecule has 0 unspecified atom stereocenters. The number of fused-ring (bicyclic) bond motifs is 1. The highest BCUT2D eigenvalue weighted by Crippen LogP contribution is 2.39. The van der Waals surface area contributed by atoms with E-state index < -0.39 is 0 Å². The molecule has 3 heterocycles. The smallest absolute Gasteiger partial charge is 0.225 e. The number of rotatable bonds is 5. The van der Waals surface area contributed by atoms with E-state index in [4.69, 9.17) is 11.6 Å². The van der Waals surface area contributed by atoms with E-state index in [-0.39, 0.29) is 29.1 Å². The van der Waals surface area contributed by atoms with Gasteiger partial charge in [0.05, 0.1) is 11.2 Å². The number of nitrogens with one attached hydrogen (secondary N) is 2. The number of carbonyl (C=O) groups excluding carboxylic acids is 2. The summed E-state index contributed by atoms with van der Waals surface area (Å²) in [6, 6.07) is 1.81. The van der Waals surface area contributed by atoms with Crippen LogP contribution in [0, 0.1) is 17.3 Å². The predicted molar refractivity (Wildman–Crippen MR) is 116 cm³/mol. The minimum absolute atomic E-state index is 0.0233. The molecule has 1 saturated carbocycles. The molecule has 0 saturated heterocycles. The summed E-state index contributed by atoms with van der Waals surface area (Å²) >= 11 is 6.45. The van der Waals surface area contributed by atoms with Gasteiger partial charge in [-0.2, -0.15) is 5.10 Å². The van der Waals surface area contributed by atoms with Crippen molar-refractivity contribution in [1.29, 1.82) is 0 Å². The molecular formula is C22H28ClN5O2. The molecule has 1 fully saturated rings. The van der Waals surface area contributed by atoms with Crippen molar-refractivity contribution in [2.24, 2.45) is 17.3 Å². The highest BCUT2D eigenvalue weighted by Gasteiger charge is 2.34. The Morgan fingerprint density at radius 1 is 1.27 bits per heavy atom. The zero-order valence-corrected chi connectivity index (χ0v) is 18.4. The number of halogens is 1. The van der Waals surface area contributed by atoms with Crippen molar-refractivity contribution in [1.82, 2.24) is 20.1 Å². The van der Waals surface area contributed by atoms with Gasteiger partial charge in [-0.05, 0) is 36.7 Å². The van der Waals surface area contributed by atoms with Crippen LogP contribution < -0.4 is 10.6 Å². The lowest BCUT2D eigenvalue weighted by Crippen LogP contribution is -2.31. The Morgan fingerprint density at radius 3 is 2.83 bits per heavy atom. The Labute approximate surface area is 181 Å². The standard InChI is InChI=1S/C22H28ClN5O2/c1-22(2)9-18-16(10-26-28(18)12-22)15-8-19(25-11-17(15)23)27-20(29)7-13-5-4-6-14(13)21(30)24-3/h8,10-11,13-14H,4-7,9,12H2,1-3H3,(H,24,30)(H,25,27,29)/t13-,14+/m1/s1. The van der Waals surface area contributed by atoms with Crippen molar-refractivity contribution in [3.63, 3.8) is 0 Å². The van der Waals surface area contributed by atoms with Crippen LogP contribution in [0.2, 0.25) is 5.02 Å². The van der Waals surface area contributed by atoms with Crippen molar-refractivity contribution in [3.05, 3.63) is 29.2 Å². The molecule has 0 bridgehead atoms. The van der Waals surface area contributed by atoms with Crippen LogP contribution in [0.15, 0.2) is 18.5 Å². The first-order valence-corrected chi connectivity index (χ1v) is 10.9. The zero-order valence-electron chi connectivity index (χ0n) is 17.7. The molecule has 160 valence electrons. The lowest BCUT2D eigenvalue weighted by Gasteiger charge is -2.17. The van der Waals surface area contributed by atoms with Crippen molar-refractivity contribution >= 4 is 29.2 Å². The minimum Gasteiger partial charge on any atom is -0.359 e. The Morgan fingerprint density at radius 2 is 2.07 bits per heavy atom. The molecule has 2 amide bonds. The van der Waals surface area contributed by atoms with E-state index in [1.165, 1.54) is 0 Å². The maximum atomic E-state index is 12.6. The van der Waals surface area contributed by atoms with Crippen molar-refractivity contribution in [2.75, 3.05) is 12.4 Å². The third-order valence-electron chi connectivity index (χ3n) is 6.28. The molecule has 8 heteroatoms. The average molecular weight is 430 g/mol. The van der Waals surface area contributed by atoms with Gasteiger partial charge in [0.25, 0.3) is 0 Å². The summed E-state index contributed by atoms with van der Waals surface area (Å²) in [5.74, 6) is 0.338. The number of carbonyl (C=O) groups is 2. The molecule has 2 atom stereocenters. The minimum atomic E-state index is -0.127. The van der Waals surface area contributed by atoms with Crippen LogP contribution in [0.5, 0.6) is 0 Å². The molecule has 1 aliphatic heterocycles. The predicted octanol–water partition coefficient (Wildman–Crippen LogP) is 3.67. The molecule has 0 radical (unpaired) electrons. The fraction of sp³-hybridized carbons (Fsp3) is 0.545. The second kappa shape index (κ2) is 8.02. The summed E-state index contributed by atoms with van der Waals surface area (Å²) in [5.41, 5.74) is 3.13. The topological polar surface area (TPSA) is 88.9 Å². The maximum absolute atomic E-state index is 12.6. The molecule has 30 heavy (non-hydrogen) atoms. The molecular weight excluding hydrogens is 402 g/mol. The molecule has 2 aromatic heterocycles. The summed E-state index contributed by atoms with van der Waals surface area (Å²) in [6.45, 7) is 5.32. The highest BCUT2D eigenvalue weighted by atomic mass is 35.5. The van der Waals surface area contributed by atoms with E-state index in [0.29, 0.717) is 17.3 Å². The van der Waals surface area contributed by atoms with Gasteiger partial charge in [-0.1, -0.05) is 31.9 Å². The molecule has 0 spiro atoms. The van der Waals surface area contributed by atoms with Gasteiger partial charge >= 0.3 is 0 Å². The zero-order chi connectivity index (χ0) is 21.5. The largest absolute Gasteiger partial charge is 0.359 e. The van der Waals surface area contributed by atoms with Gasteiger partial charge in [-0.3, -0.25) is 14.3 Å². The summed E-state index contributed by atoms with van der Waals surface area (Å²) in [5, 5.41) is 10.6. The van der Waals surface area contributed by atoms with Gasteiger partial charge in [-0.25, -0.2) is 4.98 Å². The SMILES string of the molecule is CNC(=O)[C@H]1CCC[C@@H]1CC(=O)Nc1cc(-c2cnn3c2CC(C)(C)C3)c(Cl)cn1. The molecule has 7 nitrogen and oxygen atoms in total. The average Bonchev–Trinajstić information content (AvgIpc) is 3.36. The van der Waals surface area contributed by atoms with E-state index in [0.717, 1.165) is 49.0 Å². The first-order chi connectivity index (χ1) is 14.3. The Balaban J connectivity index is 1.50. The van der Waals surface area contributed by atoms with Gasteiger partial charge in [-0.15, -0.1) is 0 Å². The number of pyridine rings is 1. The quantitative estimate of drug-likeness (QED) is 0.758. The fourth-order valence-corrected chi connectivity index (χ4v) is 5.04. The Bertz CT molecular complexity index is 984. The monoisotopic (exact) mass is 429 g/mol. The Kier molecular flexibility index (Phi) is 5.57. The van der Waals surface area contributed by atoms with E-state index in [1.54, 1.807) is 13.2 Å². The van der Waals surface area contributed by atoms with Gasteiger partial charge in [0.1, 0.15) is 5.82 Å². The summed E-state index contributed by atoms with van der Waals surface area (Å²) in [4.78, 5) is 29.0. The molecule has 4 rings (SSSR count). The lowest BCUT2D eigenvalue weighted by molar-refractivity contribution is -0.126. The molecule has 1 aliphatic carbocycles. The van der Waals surface area contributed by atoms with Gasteiger partial charge in [0, 0.05) is 48.9 Å². The van der Waals surface area contributed by atoms with Crippen molar-refractivity contribution in [3.8, 4) is 11.1 Å². The number of amides is 2. The number of aromatic nitrogens is 3. The maximum Gasteiger partial charge on any atom is 0.225 e. The van der Waals surface area contributed by atoms with Crippen LogP contribution >= 0.6 is 11.6 Å². The lowest BCUT2D eigenvalue weighted by atomic mass is 9.89. The van der Waals surface area contributed by atoms with Crippen molar-refractivity contribution in [2.45, 2.75) is 52.5 Å². The van der Waals surface area contributed by atoms with Crippen LogP contribution in [0.3, 0.4) is 0 Å². The van der Waals surface area contributed by atoms with Gasteiger partial charge < -0.3 is 10.6 Å². The second-order valence-corrected chi connectivity index (χ2v) is 9.62. The van der Waals surface area contributed by atoms with Crippen LogP contribution in [0.25, 0.3) is 11.1 Å². The first kappa shape index (κ1) is 20.8. The summed E-state index contributed by atoms with van der Waals surface area (Å²) in [6.07, 6.45) is 7.35. The fourth-order valence-electron chi connectivity index (χ4n) is 4.83. The second-order valence-electron chi connectivity index (χ2n) is 9.22. The highest BCUT2D eigenvalue weighted by molar-refractivity contribution is 6.33. The van der Waals surface area contributed by atoms with Crippen LogP contribution in [-0.2, 0) is 22.6 Å². The third kappa shape index (κ3) is 4.08. The van der Waals surface area contributed by atoms with Gasteiger partial charge in [0.2, 0.25) is 11.8 Å². The number of hydrogen-bond acceptors (Lipinski definition) is 4. The summed E-state index contributed by atoms with van der Waals surface area (Å²) < 4.78 is 2.03. The van der Waals surface area contributed by atoms with Crippen LogP contribution in [0.1, 0.15) is 45.2 Å². The molecule has 2 N–H and O–H groups in total.